The van der Waals surface area contributed by atoms with Gasteiger partial charge in [-0.3, -0.25) is 4.79 Å². The van der Waals surface area contributed by atoms with E-state index in [2.05, 4.69) is 41.5 Å². The molecule has 0 radical (unpaired) electrons. The van der Waals surface area contributed by atoms with Crippen LogP contribution in [-0.4, -0.2) is 71.8 Å². The fourth-order valence-electron chi connectivity index (χ4n) is 6.47. The summed E-state index contributed by atoms with van der Waals surface area (Å²) in [5, 5.41) is 22.7. The SMILES string of the molecule is CC(C)(CO)c1ccc(Nc2nc(Nc3ccc4c(c3)OCCO4)ncc2F)cc1.CCOC(=O)C(C)(C)c1ccc(NC2=NC(Cl)(Nc3ccc4c(c3)OCCO4)NC=C2F)cc1. The molecule has 4 aromatic carbocycles. The predicted molar refractivity (Wildman–Crippen MR) is 242 cm³/mol. The monoisotopic (exact) mass is 898 g/mol. The highest BCUT2D eigenvalue weighted by Gasteiger charge is 2.33. The second kappa shape index (κ2) is 19.3. The summed E-state index contributed by atoms with van der Waals surface area (Å²) in [4.78, 5) is 24.8. The molecule has 15 nitrogen and oxygen atoms in total. The van der Waals surface area contributed by atoms with E-state index in [9.17, 15) is 18.7 Å². The molecular weight excluding hydrogens is 850 g/mol. The Morgan fingerprint density at radius 2 is 1.33 bits per heavy atom. The van der Waals surface area contributed by atoms with Gasteiger partial charge in [0.05, 0.1) is 24.8 Å². The first-order valence-electron chi connectivity index (χ1n) is 20.5. The van der Waals surface area contributed by atoms with Gasteiger partial charge in [-0.2, -0.15) is 4.98 Å². The maximum absolute atomic E-state index is 14.5. The van der Waals surface area contributed by atoms with Crippen LogP contribution in [0.15, 0.2) is 108 Å². The Labute approximate surface area is 374 Å². The fraction of sp³-hybridized carbons (Fsp3) is 0.304. The fourth-order valence-corrected chi connectivity index (χ4v) is 6.71. The lowest BCUT2D eigenvalue weighted by Gasteiger charge is -2.30. The van der Waals surface area contributed by atoms with Crippen molar-refractivity contribution >= 4 is 57.9 Å². The van der Waals surface area contributed by atoms with Gasteiger partial charge in [-0.15, -0.1) is 0 Å². The minimum atomic E-state index is -1.53. The molecule has 3 aliphatic heterocycles. The molecule has 336 valence electrons. The van der Waals surface area contributed by atoms with Crippen molar-refractivity contribution in [1.82, 2.24) is 15.3 Å². The maximum Gasteiger partial charge on any atom is 0.315 e. The number of benzene rings is 4. The van der Waals surface area contributed by atoms with Gasteiger partial charge in [-0.25, -0.2) is 18.8 Å². The second-order valence-corrected chi connectivity index (χ2v) is 16.4. The zero-order valence-corrected chi connectivity index (χ0v) is 36.6. The van der Waals surface area contributed by atoms with E-state index in [1.165, 1.54) is 0 Å². The Morgan fingerprint density at radius 3 is 1.94 bits per heavy atom. The molecule has 0 saturated heterocycles. The van der Waals surface area contributed by atoms with Crippen LogP contribution in [-0.2, 0) is 20.4 Å². The van der Waals surface area contributed by atoms with Gasteiger partial charge >= 0.3 is 5.97 Å². The standard InChI is InChI=1S/C24H26ClFN4O4.C22H23FN4O3/c1-4-32-22(31)23(2,3)15-5-7-16(8-6-15)28-21-18(26)14-27-24(25,30-21)29-17-9-10-19-20(13-17)34-12-11-33-19;1-22(2,13-28)14-3-5-15(6-4-14)25-20-17(23)12-24-21(27-20)26-16-7-8-18-19(11-16)30-10-9-29-18/h5-10,13-14,27,29H,4,11-12H2,1-3H3,(H,28,30);3-8,11-12,28H,9-10,13H2,1-2H3,(H2,24,25,26,27). The van der Waals surface area contributed by atoms with Crippen LogP contribution in [0.5, 0.6) is 23.0 Å². The molecule has 0 saturated carbocycles. The number of hydrogen-bond donors (Lipinski definition) is 6. The van der Waals surface area contributed by atoms with Crippen LogP contribution in [0.2, 0.25) is 0 Å². The van der Waals surface area contributed by atoms with E-state index in [4.69, 9.17) is 35.3 Å². The van der Waals surface area contributed by atoms with Gasteiger partial charge in [-0.05, 0) is 92.0 Å². The molecule has 3 aliphatic rings. The van der Waals surface area contributed by atoms with Crippen molar-refractivity contribution in [2.75, 3.05) is 60.9 Å². The van der Waals surface area contributed by atoms with Crippen molar-refractivity contribution in [3.05, 3.63) is 120 Å². The summed E-state index contributed by atoms with van der Waals surface area (Å²) in [6.45, 7) is 11.6. The minimum Gasteiger partial charge on any atom is -0.486 e. The van der Waals surface area contributed by atoms with Gasteiger partial charge < -0.3 is 55.4 Å². The lowest BCUT2D eigenvalue weighted by molar-refractivity contribution is -0.148. The van der Waals surface area contributed by atoms with Crippen LogP contribution in [0, 0.1) is 5.82 Å². The number of carbonyl (C=O) groups excluding carboxylic acids is 1. The van der Waals surface area contributed by atoms with Crippen molar-refractivity contribution in [3.8, 4) is 23.0 Å². The van der Waals surface area contributed by atoms with Crippen LogP contribution >= 0.6 is 11.6 Å². The highest BCUT2D eigenvalue weighted by atomic mass is 35.5. The molecule has 0 spiro atoms. The zero-order chi connectivity index (χ0) is 45.5. The molecule has 0 aliphatic carbocycles. The lowest BCUT2D eigenvalue weighted by Crippen LogP contribution is -2.46. The van der Waals surface area contributed by atoms with E-state index in [1.807, 2.05) is 44.2 Å². The summed E-state index contributed by atoms with van der Waals surface area (Å²) < 4.78 is 56.1. The number of hydrogen-bond acceptors (Lipinski definition) is 15. The molecule has 1 atom stereocenters. The molecule has 0 fully saturated rings. The zero-order valence-electron chi connectivity index (χ0n) is 35.9. The average molecular weight is 899 g/mol. The van der Waals surface area contributed by atoms with E-state index in [1.54, 1.807) is 75.4 Å². The van der Waals surface area contributed by atoms with Crippen LogP contribution in [0.1, 0.15) is 45.7 Å². The number of nitrogens with zero attached hydrogens (tertiary/aromatic N) is 3. The van der Waals surface area contributed by atoms with E-state index < -0.39 is 22.3 Å². The Bertz CT molecular complexity index is 2530. The average Bonchev–Trinajstić information content (AvgIpc) is 3.29. The number of nitrogens with one attached hydrogen (secondary N) is 5. The smallest absolute Gasteiger partial charge is 0.315 e. The molecule has 6 N–H and O–H groups in total. The first kappa shape index (κ1) is 45.2. The number of halogens is 3. The predicted octanol–water partition coefficient (Wildman–Crippen LogP) is 8.63. The summed E-state index contributed by atoms with van der Waals surface area (Å²) >= 11 is 6.58. The highest BCUT2D eigenvalue weighted by Crippen LogP contribution is 2.36. The van der Waals surface area contributed by atoms with E-state index in [0.717, 1.165) is 23.5 Å². The molecule has 0 amide bonds. The second-order valence-electron chi connectivity index (χ2n) is 15.9. The number of aliphatic hydroxyl groups excluding tert-OH is 1. The lowest BCUT2D eigenvalue weighted by atomic mass is 9.84. The highest BCUT2D eigenvalue weighted by molar-refractivity contribution is 6.26. The van der Waals surface area contributed by atoms with Crippen LogP contribution in [0.25, 0.3) is 0 Å². The molecule has 1 aromatic heterocycles. The van der Waals surface area contributed by atoms with Crippen LogP contribution in [0.3, 0.4) is 0 Å². The molecular formula is C46H49ClF2N8O7. The molecule has 18 heteroatoms. The van der Waals surface area contributed by atoms with Gasteiger partial charge in [0, 0.05) is 46.5 Å². The number of ether oxygens (including phenoxy) is 5. The molecule has 8 rings (SSSR count). The number of carbonyl (C=O) groups is 1. The Kier molecular flexibility index (Phi) is 13.6. The first-order valence-corrected chi connectivity index (χ1v) is 20.9. The molecule has 4 heterocycles. The molecule has 5 aromatic rings. The van der Waals surface area contributed by atoms with Gasteiger partial charge in [0.1, 0.15) is 26.4 Å². The number of anilines is 6. The maximum atomic E-state index is 14.5. The third kappa shape index (κ3) is 10.8. The number of aliphatic imine (C=N–C) groups is 1. The summed E-state index contributed by atoms with van der Waals surface area (Å²) in [6, 6.07) is 25.1. The minimum absolute atomic E-state index is 0.0369. The number of aromatic nitrogens is 2. The van der Waals surface area contributed by atoms with Gasteiger partial charge in [0.2, 0.25) is 5.95 Å². The third-order valence-electron chi connectivity index (χ3n) is 10.3. The normalized spacial score (nSPS) is 16.4. The third-order valence-corrected chi connectivity index (χ3v) is 10.5. The van der Waals surface area contributed by atoms with E-state index >= 15 is 0 Å². The summed E-state index contributed by atoms with van der Waals surface area (Å²) in [7, 11) is 0. The molecule has 0 bridgehead atoms. The first-order chi connectivity index (χ1) is 30.6. The largest absolute Gasteiger partial charge is 0.486 e. The number of alkyl halides is 1. The number of esters is 1. The van der Waals surface area contributed by atoms with Crippen molar-refractivity contribution in [3.63, 3.8) is 0 Å². The van der Waals surface area contributed by atoms with Crippen LogP contribution < -0.4 is 45.5 Å². The van der Waals surface area contributed by atoms with Crippen molar-refractivity contribution < 1.29 is 42.4 Å². The Hall–Kier alpha value is -6.85. The Balaban J connectivity index is 0.000000193. The van der Waals surface area contributed by atoms with Crippen molar-refractivity contribution in [2.45, 2.75) is 50.7 Å². The summed E-state index contributed by atoms with van der Waals surface area (Å²) in [5.41, 5.74) is 3.15. The summed E-state index contributed by atoms with van der Waals surface area (Å²) in [5.74, 6) is 1.29. The topological polar surface area (TPSA) is 182 Å². The van der Waals surface area contributed by atoms with Gasteiger partial charge in [0.25, 0.3) is 5.25 Å². The van der Waals surface area contributed by atoms with Crippen molar-refractivity contribution in [1.29, 1.82) is 0 Å². The number of fused-ring (bicyclic) bond motifs is 2. The Morgan fingerprint density at radius 1 is 0.781 bits per heavy atom. The van der Waals surface area contributed by atoms with Gasteiger partial charge in [0.15, 0.2) is 46.3 Å². The summed E-state index contributed by atoms with van der Waals surface area (Å²) in [6.07, 6.45) is 2.24. The number of amidine groups is 1. The van der Waals surface area contributed by atoms with Crippen LogP contribution in [0.4, 0.5) is 43.3 Å². The molecule has 1 unspecified atom stereocenters. The van der Waals surface area contributed by atoms with E-state index in [-0.39, 0.29) is 35.6 Å². The number of rotatable bonds is 12. The van der Waals surface area contributed by atoms with Crippen molar-refractivity contribution in [2.24, 2.45) is 4.99 Å². The number of aliphatic hydroxyl groups is 1. The molecule has 64 heavy (non-hydrogen) atoms. The quantitative estimate of drug-likeness (QED) is 0.0398. The van der Waals surface area contributed by atoms with E-state index in [0.29, 0.717) is 78.8 Å². The van der Waals surface area contributed by atoms with Gasteiger partial charge in [-0.1, -0.05) is 38.1 Å².